The number of rotatable bonds is 5. The first kappa shape index (κ1) is 19.2. The number of nitrogens with one attached hydrogen (secondary N) is 1. The molecule has 0 atom stereocenters. The van der Waals surface area contributed by atoms with Crippen LogP contribution in [0.4, 0.5) is 17.1 Å². The minimum absolute atomic E-state index is 0.0940. The smallest absolute Gasteiger partial charge is 0.277 e. The van der Waals surface area contributed by atoms with Crippen LogP contribution in [0.5, 0.6) is 0 Å². The quantitative estimate of drug-likeness (QED) is 0.652. The number of ether oxygens (including phenoxy) is 1. The molecule has 0 unspecified atom stereocenters. The molecule has 0 saturated heterocycles. The minimum atomic E-state index is -0.588. The Morgan fingerprint density at radius 2 is 1.96 bits per heavy atom. The summed E-state index contributed by atoms with van der Waals surface area (Å²) in [7, 11) is 1.64. The molecule has 0 radical (unpaired) electrons. The highest BCUT2D eigenvalue weighted by Crippen LogP contribution is 2.45. The van der Waals surface area contributed by atoms with E-state index >= 15 is 0 Å². The summed E-state index contributed by atoms with van der Waals surface area (Å²) in [5.41, 5.74) is 3.09. The van der Waals surface area contributed by atoms with E-state index in [1.165, 1.54) is 0 Å². The average Bonchev–Trinajstić information content (AvgIpc) is 2.92. The molecular formula is C18H27N3O4. The van der Waals surface area contributed by atoms with Crippen molar-refractivity contribution in [2.24, 2.45) is 5.41 Å². The van der Waals surface area contributed by atoms with Gasteiger partial charge in [-0.15, -0.1) is 0 Å². The molecule has 0 saturated carbocycles. The van der Waals surface area contributed by atoms with Crippen molar-refractivity contribution in [3.8, 4) is 0 Å². The van der Waals surface area contributed by atoms with E-state index in [-0.39, 0.29) is 16.5 Å². The molecule has 0 aliphatic carbocycles. The van der Waals surface area contributed by atoms with Crippen molar-refractivity contribution in [2.45, 2.75) is 41.0 Å². The molecule has 0 aromatic heterocycles. The van der Waals surface area contributed by atoms with Crippen LogP contribution < -0.4 is 10.2 Å². The third-order valence-corrected chi connectivity index (χ3v) is 4.68. The van der Waals surface area contributed by atoms with Gasteiger partial charge in [-0.05, 0) is 25.8 Å². The van der Waals surface area contributed by atoms with Gasteiger partial charge in [0, 0.05) is 31.2 Å². The van der Waals surface area contributed by atoms with Crippen LogP contribution in [0.2, 0.25) is 0 Å². The second-order valence-corrected chi connectivity index (χ2v) is 7.49. The van der Waals surface area contributed by atoms with E-state index in [0.717, 1.165) is 24.2 Å². The van der Waals surface area contributed by atoms with Gasteiger partial charge in [-0.3, -0.25) is 14.9 Å². The third kappa shape index (κ3) is 3.61. The number of methoxy groups -OCH3 is 1. The van der Waals surface area contributed by atoms with Gasteiger partial charge in [-0.2, -0.15) is 0 Å². The maximum atomic E-state index is 12.5. The average molecular weight is 349 g/mol. The van der Waals surface area contributed by atoms with E-state index in [9.17, 15) is 14.9 Å². The van der Waals surface area contributed by atoms with Crippen LogP contribution in [0, 0.1) is 29.4 Å². The number of nitro groups is 1. The van der Waals surface area contributed by atoms with Gasteiger partial charge < -0.3 is 15.0 Å². The Morgan fingerprint density at radius 3 is 2.48 bits per heavy atom. The molecule has 25 heavy (non-hydrogen) atoms. The first-order chi connectivity index (χ1) is 11.6. The number of nitrogens with zero attached hydrogens (tertiary/aromatic N) is 2. The summed E-state index contributed by atoms with van der Waals surface area (Å²) in [5, 5.41) is 14.5. The van der Waals surface area contributed by atoms with Crippen LogP contribution in [0.3, 0.4) is 0 Å². The number of nitro benzene ring substituents is 1. The van der Waals surface area contributed by atoms with E-state index < -0.39 is 5.41 Å². The molecule has 1 aromatic rings. The van der Waals surface area contributed by atoms with E-state index in [1.54, 1.807) is 21.0 Å². The molecular weight excluding hydrogens is 322 g/mol. The zero-order valence-electron chi connectivity index (χ0n) is 15.9. The highest BCUT2D eigenvalue weighted by atomic mass is 16.6. The van der Waals surface area contributed by atoms with E-state index in [4.69, 9.17) is 4.74 Å². The molecule has 1 aliphatic heterocycles. The molecule has 1 heterocycles. The first-order valence-corrected chi connectivity index (χ1v) is 8.45. The van der Waals surface area contributed by atoms with Crippen LogP contribution in [-0.4, -0.2) is 37.6 Å². The molecule has 1 aliphatic rings. The summed E-state index contributed by atoms with van der Waals surface area (Å²) in [5.74, 6) is -0.158. The van der Waals surface area contributed by atoms with Gasteiger partial charge in [0.15, 0.2) is 0 Å². The largest absolute Gasteiger partial charge is 0.383 e. The van der Waals surface area contributed by atoms with Crippen LogP contribution in [0.25, 0.3) is 0 Å². The molecule has 138 valence electrons. The topological polar surface area (TPSA) is 84.7 Å². The fourth-order valence-electron chi connectivity index (χ4n) is 3.22. The molecule has 7 nitrogen and oxygen atoms in total. The van der Waals surface area contributed by atoms with Crippen molar-refractivity contribution in [2.75, 3.05) is 37.0 Å². The number of hydrogen-bond donors (Lipinski definition) is 1. The van der Waals surface area contributed by atoms with Crippen LogP contribution in [0.15, 0.2) is 0 Å². The lowest BCUT2D eigenvalue weighted by molar-refractivity contribution is -0.386. The molecule has 1 amide bonds. The van der Waals surface area contributed by atoms with Crippen molar-refractivity contribution in [3.05, 3.63) is 26.8 Å². The van der Waals surface area contributed by atoms with Gasteiger partial charge in [0.2, 0.25) is 5.91 Å². The summed E-state index contributed by atoms with van der Waals surface area (Å²) in [6.07, 6.45) is 0.727. The number of fused-ring (bicyclic) bond motifs is 1. The number of carbonyl (C=O) groups excluding carboxylic acids is 1. The highest BCUT2D eigenvalue weighted by Gasteiger charge is 2.34. The number of amides is 1. The number of benzene rings is 1. The molecule has 0 spiro atoms. The number of anilines is 2. The first-order valence-electron chi connectivity index (χ1n) is 8.45. The molecule has 1 N–H and O–H groups in total. The second-order valence-electron chi connectivity index (χ2n) is 7.49. The van der Waals surface area contributed by atoms with E-state index in [2.05, 4.69) is 10.2 Å². The summed E-state index contributed by atoms with van der Waals surface area (Å²) in [6, 6.07) is 0. The monoisotopic (exact) mass is 349 g/mol. The summed E-state index contributed by atoms with van der Waals surface area (Å²) in [4.78, 5) is 25.9. The number of hydrogen-bond acceptors (Lipinski definition) is 5. The SMILES string of the molecule is COCCN1CCc2c(C)c([N+](=O)[O-])c(C)c(NC(=O)C(C)(C)C)c21. The maximum Gasteiger partial charge on any atom is 0.277 e. The van der Waals surface area contributed by atoms with Crippen molar-refractivity contribution in [1.29, 1.82) is 0 Å². The van der Waals surface area contributed by atoms with Gasteiger partial charge in [-0.1, -0.05) is 20.8 Å². The van der Waals surface area contributed by atoms with Crippen LogP contribution >= 0.6 is 0 Å². The van der Waals surface area contributed by atoms with E-state index in [0.29, 0.717) is 30.0 Å². The van der Waals surface area contributed by atoms with Gasteiger partial charge >= 0.3 is 0 Å². The van der Waals surface area contributed by atoms with Crippen LogP contribution in [-0.2, 0) is 16.0 Å². The molecule has 0 fully saturated rings. The molecule has 7 heteroatoms. The Morgan fingerprint density at radius 1 is 1.32 bits per heavy atom. The lowest BCUT2D eigenvalue weighted by Gasteiger charge is -2.26. The Labute approximate surface area is 148 Å². The Hall–Kier alpha value is -2.15. The van der Waals surface area contributed by atoms with Gasteiger partial charge in [0.05, 0.1) is 28.5 Å². The normalized spacial score (nSPS) is 13.8. The Kier molecular flexibility index (Phi) is 5.37. The Bertz CT molecular complexity index is 707. The molecule has 1 aromatic carbocycles. The van der Waals surface area contributed by atoms with Crippen molar-refractivity contribution in [1.82, 2.24) is 0 Å². The molecule has 2 rings (SSSR count). The van der Waals surface area contributed by atoms with Crippen molar-refractivity contribution in [3.63, 3.8) is 0 Å². The van der Waals surface area contributed by atoms with Gasteiger partial charge in [-0.25, -0.2) is 0 Å². The lowest BCUT2D eigenvalue weighted by Crippen LogP contribution is -2.30. The lowest BCUT2D eigenvalue weighted by atomic mass is 9.93. The van der Waals surface area contributed by atoms with Crippen molar-refractivity contribution >= 4 is 23.0 Å². The second kappa shape index (κ2) is 7.00. The standard InChI is InChI=1S/C18H27N3O4/c1-11-13-7-8-20(9-10-25-6)16(13)14(12(2)15(11)21(23)24)19-17(22)18(3,4)5/h7-10H2,1-6H3,(H,19,22). The maximum absolute atomic E-state index is 12.5. The zero-order chi connectivity index (χ0) is 18.9. The van der Waals surface area contributed by atoms with Crippen molar-refractivity contribution < 1.29 is 14.5 Å². The third-order valence-electron chi connectivity index (χ3n) is 4.68. The van der Waals surface area contributed by atoms with Crippen LogP contribution in [0.1, 0.15) is 37.5 Å². The minimum Gasteiger partial charge on any atom is -0.383 e. The summed E-state index contributed by atoms with van der Waals surface area (Å²) < 4.78 is 5.18. The zero-order valence-corrected chi connectivity index (χ0v) is 15.9. The summed E-state index contributed by atoms with van der Waals surface area (Å²) in [6.45, 7) is 11.0. The fourth-order valence-corrected chi connectivity index (χ4v) is 3.22. The summed E-state index contributed by atoms with van der Waals surface area (Å²) >= 11 is 0. The van der Waals surface area contributed by atoms with Gasteiger partial charge in [0.25, 0.3) is 5.69 Å². The highest BCUT2D eigenvalue weighted by molar-refractivity contribution is 6.00. The van der Waals surface area contributed by atoms with E-state index in [1.807, 2.05) is 20.8 Å². The fraction of sp³-hybridized carbons (Fsp3) is 0.611. The molecule has 0 bridgehead atoms. The van der Waals surface area contributed by atoms with Gasteiger partial charge in [0.1, 0.15) is 0 Å². The predicted molar refractivity (Wildman–Crippen MR) is 98.4 cm³/mol. The predicted octanol–water partition coefficient (Wildman–Crippen LogP) is 3.21. The Balaban J connectivity index is 2.62. The number of carbonyl (C=O) groups is 1.